The smallest absolute Gasteiger partial charge is 0.247 e. The lowest BCUT2D eigenvalue weighted by Crippen LogP contribution is -2.07. The van der Waals surface area contributed by atoms with E-state index in [1.807, 2.05) is 48.7 Å². The van der Waals surface area contributed by atoms with Crippen molar-refractivity contribution in [2.75, 3.05) is 5.32 Å². The Labute approximate surface area is 157 Å². The summed E-state index contributed by atoms with van der Waals surface area (Å²) in [4.78, 5) is 20.3. The minimum atomic E-state index is -0.239. The predicted octanol–water partition coefficient (Wildman–Crippen LogP) is 5.09. The van der Waals surface area contributed by atoms with Gasteiger partial charge in [-0.2, -0.15) is 0 Å². The fourth-order valence-corrected chi connectivity index (χ4v) is 3.08. The molecule has 1 heterocycles. The summed E-state index contributed by atoms with van der Waals surface area (Å²) in [5.41, 5.74) is 5.76. The Hall–Kier alpha value is -3.79. The van der Waals surface area contributed by atoms with Gasteiger partial charge < -0.3 is 5.32 Å². The Morgan fingerprint density at radius 1 is 0.926 bits per heavy atom. The number of nitrogens with one attached hydrogen (secondary N) is 1. The summed E-state index contributed by atoms with van der Waals surface area (Å²) in [6, 6.07) is 22.1. The van der Waals surface area contributed by atoms with E-state index >= 15 is 0 Å². The highest BCUT2D eigenvalue weighted by Crippen LogP contribution is 2.33. The SMILES string of the molecule is C=CC(=O)Nc1cccc(-c2cc(-c3ccccc3)cc3cncnc23)c1. The average molecular weight is 351 g/mol. The predicted molar refractivity (Wildman–Crippen MR) is 109 cm³/mol. The van der Waals surface area contributed by atoms with Crippen LogP contribution in [-0.4, -0.2) is 15.9 Å². The van der Waals surface area contributed by atoms with Crippen LogP contribution in [0.2, 0.25) is 0 Å². The molecule has 0 aliphatic carbocycles. The van der Waals surface area contributed by atoms with Crippen molar-refractivity contribution in [3.8, 4) is 22.3 Å². The molecule has 1 N–H and O–H groups in total. The van der Waals surface area contributed by atoms with Crippen LogP contribution in [0.4, 0.5) is 5.69 Å². The Bertz CT molecular complexity index is 1140. The summed E-state index contributed by atoms with van der Waals surface area (Å²) >= 11 is 0. The third kappa shape index (κ3) is 3.46. The summed E-state index contributed by atoms with van der Waals surface area (Å²) in [5, 5.41) is 3.77. The first-order valence-corrected chi connectivity index (χ1v) is 8.57. The van der Waals surface area contributed by atoms with Crippen molar-refractivity contribution in [3.05, 3.63) is 91.9 Å². The Morgan fingerprint density at radius 2 is 1.74 bits per heavy atom. The molecule has 130 valence electrons. The highest BCUT2D eigenvalue weighted by Gasteiger charge is 2.10. The molecule has 4 aromatic rings. The van der Waals surface area contributed by atoms with Gasteiger partial charge in [-0.25, -0.2) is 9.97 Å². The van der Waals surface area contributed by atoms with Gasteiger partial charge >= 0.3 is 0 Å². The number of amides is 1. The third-order valence-corrected chi connectivity index (χ3v) is 4.34. The van der Waals surface area contributed by atoms with Crippen molar-refractivity contribution in [1.82, 2.24) is 9.97 Å². The van der Waals surface area contributed by atoms with E-state index in [1.54, 1.807) is 6.33 Å². The lowest BCUT2D eigenvalue weighted by Gasteiger charge is -2.11. The second-order valence-corrected chi connectivity index (χ2v) is 6.12. The van der Waals surface area contributed by atoms with E-state index in [2.05, 4.69) is 46.1 Å². The molecule has 3 aromatic carbocycles. The molecule has 0 radical (unpaired) electrons. The first kappa shape index (κ1) is 16.7. The van der Waals surface area contributed by atoms with Crippen LogP contribution >= 0.6 is 0 Å². The number of rotatable bonds is 4. The second kappa shape index (κ2) is 7.22. The number of anilines is 1. The molecule has 4 rings (SSSR count). The van der Waals surface area contributed by atoms with Crippen LogP contribution < -0.4 is 5.32 Å². The molecule has 1 aromatic heterocycles. The molecule has 0 saturated heterocycles. The first-order chi connectivity index (χ1) is 13.2. The number of hydrogen-bond acceptors (Lipinski definition) is 3. The number of hydrogen-bond donors (Lipinski definition) is 1. The van der Waals surface area contributed by atoms with Gasteiger partial charge in [0.15, 0.2) is 0 Å². The summed E-state index contributed by atoms with van der Waals surface area (Å²) < 4.78 is 0. The number of benzene rings is 3. The molecular formula is C23H17N3O. The van der Waals surface area contributed by atoms with Gasteiger partial charge in [0.2, 0.25) is 5.91 Å². The van der Waals surface area contributed by atoms with E-state index in [0.29, 0.717) is 5.69 Å². The molecule has 4 nitrogen and oxygen atoms in total. The third-order valence-electron chi connectivity index (χ3n) is 4.34. The Kier molecular flexibility index (Phi) is 4.45. The standard InChI is InChI=1S/C23H17N3O/c1-2-22(27)26-20-10-6-9-17(12-20)21-13-18(16-7-4-3-5-8-16)11-19-14-24-15-25-23(19)21/h2-15H,1H2,(H,26,27). The van der Waals surface area contributed by atoms with Crippen molar-refractivity contribution in [2.45, 2.75) is 0 Å². The van der Waals surface area contributed by atoms with Crippen molar-refractivity contribution in [1.29, 1.82) is 0 Å². The molecule has 4 heteroatoms. The van der Waals surface area contributed by atoms with Gasteiger partial charge in [-0.3, -0.25) is 4.79 Å². The van der Waals surface area contributed by atoms with Crippen LogP contribution in [0, 0.1) is 0 Å². The van der Waals surface area contributed by atoms with E-state index in [4.69, 9.17) is 0 Å². The quantitative estimate of drug-likeness (QED) is 0.521. The van der Waals surface area contributed by atoms with Gasteiger partial charge in [-0.05, 0) is 47.0 Å². The molecule has 0 aliphatic rings. The summed E-state index contributed by atoms with van der Waals surface area (Å²) in [6.45, 7) is 3.49. The minimum absolute atomic E-state index is 0.239. The normalized spacial score (nSPS) is 10.5. The number of nitrogens with zero attached hydrogens (tertiary/aromatic N) is 2. The molecule has 0 saturated carbocycles. The highest BCUT2D eigenvalue weighted by molar-refractivity contribution is 6.01. The van der Waals surface area contributed by atoms with E-state index in [1.165, 1.54) is 6.08 Å². The lowest BCUT2D eigenvalue weighted by atomic mass is 9.96. The van der Waals surface area contributed by atoms with E-state index in [-0.39, 0.29) is 5.91 Å². The van der Waals surface area contributed by atoms with Crippen LogP contribution in [0.3, 0.4) is 0 Å². The van der Waals surface area contributed by atoms with Crippen molar-refractivity contribution < 1.29 is 4.79 Å². The highest BCUT2D eigenvalue weighted by atomic mass is 16.1. The van der Waals surface area contributed by atoms with Gasteiger partial charge in [0.1, 0.15) is 6.33 Å². The molecule has 0 fully saturated rings. The van der Waals surface area contributed by atoms with Gasteiger partial charge in [-0.15, -0.1) is 0 Å². The van der Waals surface area contributed by atoms with Crippen LogP contribution in [-0.2, 0) is 4.79 Å². The van der Waals surface area contributed by atoms with Gasteiger partial charge in [0, 0.05) is 22.8 Å². The maximum Gasteiger partial charge on any atom is 0.247 e. The number of carbonyl (C=O) groups excluding carboxylic acids is 1. The largest absolute Gasteiger partial charge is 0.323 e. The summed E-state index contributed by atoms with van der Waals surface area (Å²) in [5.74, 6) is -0.239. The molecule has 0 atom stereocenters. The Balaban J connectivity index is 1.89. The van der Waals surface area contributed by atoms with E-state index in [0.717, 1.165) is 33.2 Å². The van der Waals surface area contributed by atoms with Crippen molar-refractivity contribution >= 4 is 22.5 Å². The van der Waals surface area contributed by atoms with Crippen LogP contribution in [0.15, 0.2) is 91.9 Å². The van der Waals surface area contributed by atoms with E-state index in [9.17, 15) is 4.79 Å². The number of aromatic nitrogens is 2. The zero-order valence-corrected chi connectivity index (χ0v) is 14.6. The molecule has 27 heavy (non-hydrogen) atoms. The zero-order chi connectivity index (χ0) is 18.6. The maximum absolute atomic E-state index is 11.6. The number of fused-ring (bicyclic) bond motifs is 1. The Morgan fingerprint density at radius 3 is 2.56 bits per heavy atom. The van der Waals surface area contributed by atoms with Gasteiger partial charge in [0.05, 0.1) is 5.52 Å². The summed E-state index contributed by atoms with van der Waals surface area (Å²) in [6.07, 6.45) is 4.63. The van der Waals surface area contributed by atoms with Gasteiger partial charge in [0.25, 0.3) is 0 Å². The molecule has 0 bridgehead atoms. The first-order valence-electron chi connectivity index (χ1n) is 8.57. The van der Waals surface area contributed by atoms with Crippen LogP contribution in [0.5, 0.6) is 0 Å². The fourth-order valence-electron chi connectivity index (χ4n) is 3.08. The second-order valence-electron chi connectivity index (χ2n) is 6.12. The van der Waals surface area contributed by atoms with Crippen molar-refractivity contribution in [2.24, 2.45) is 0 Å². The maximum atomic E-state index is 11.6. The lowest BCUT2D eigenvalue weighted by molar-refractivity contribution is -0.111. The van der Waals surface area contributed by atoms with Gasteiger partial charge in [-0.1, -0.05) is 49.0 Å². The minimum Gasteiger partial charge on any atom is -0.323 e. The topological polar surface area (TPSA) is 54.9 Å². The fraction of sp³-hybridized carbons (Fsp3) is 0. The monoisotopic (exact) mass is 351 g/mol. The zero-order valence-electron chi connectivity index (χ0n) is 14.6. The molecular weight excluding hydrogens is 334 g/mol. The molecule has 0 unspecified atom stereocenters. The molecule has 1 amide bonds. The average Bonchev–Trinajstić information content (AvgIpc) is 2.73. The number of carbonyl (C=O) groups is 1. The van der Waals surface area contributed by atoms with Crippen LogP contribution in [0.1, 0.15) is 0 Å². The van der Waals surface area contributed by atoms with Crippen molar-refractivity contribution in [3.63, 3.8) is 0 Å². The van der Waals surface area contributed by atoms with Crippen LogP contribution in [0.25, 0.3) is 33.2 Å². The molecule has 0 spiro atoms. The van der Waals surface area contributed by atoms with E-state index < -0.39 is 0 Å². The summed E-state index contributed by atoms with van der Waals surface area (Å²) in [7, 11) is 0. The molecule has 0 aliphatic heterocycles.